The molecule has 0 spiro atoms. The maximum Gasteiger partial charge on any atom is 0.405 e. The van der Waals surface area contributed by atoms with Crippen molar-refractivity contribution in [1.82, 2.24) is 10.3 Å². The summed E-state index contributed by atoms with van der Waals surface area (Å²) in [5, 5.41) is 32.6. The third-order valence-electron chi connectivity index (χ3n) is 4.46. The molecule has 1 saturated carbocycles. The second-order valence-corrected chi connectivity index (χ2v) is 7.13. The quantitative estimate of drug-likeness (QED) is 0.554. The number of pyridine rings is 1. The maximum atomic E-state index is 11.1. The molecule has 0 atom stereocenters. The number of nitro groups is 1. The fourth-order valence-corrected chi connectivity index (χ4v) is 3.77. The molecule has 1 heterocycles. The van der Waals surface area contributed by atoms with Crippen molar-refractivity contribution >= 4 is 23.4 Å². The molecule has 9 heteroatoms. The van der Waals surface area contributed by atoms with E-state index in [2.05, 4.69) is 10.3 Å². The number of benzene rings is 1. The van der Waals surface area contributed by atoms with Gasteiger partial charge >= 0.3 is 6.09 Å². The first-order chi connectivity index (χ1) is 12.1. The minimum atomic E-state index is -1.16. The Kier molecular flexibility index (Phi) is 4.33. The average molecular weight is 378 g/mol. The third kappa shape index (κ3) is 3.33. The van der Waals surface area contributed by atoms with E-state index in [-0.39, 0.29) is 23.6 Å². The molecule has 136 valence electrons. The Morgan fingerprint density at radius 2 is 1.96 bits per heavy atom. The van der Waals surface area contributed by atoms with Gasteiger partial charge in [0.2, 0.25) is 0 Å². The highest BCUT2D eigenvalue weighted by atomic mass is 35.5. The summed E-state index contributed by atoms with van der Waals surface area (Å²) in [7, 11) is 0. The second-order valence-electron chi connectivity index (χ2n) is 6.72. The van der Waals surface area contributed by atoms with E-state index in [9.17, 15) is 20.0 Å². The summed E-state index contributed by atoms with van der Waals surface area (Å²) >= 11 is 6.09. The highest BCUT2D eigenvalue weighted by Gasteiger charge is 2.53. The zero-order chi connectivity index (χ0) is 19.1. The lowest BCUT2D eigenvalue weighted by Crippen LogP contribution is -2.61. The summed E-state index contributed by atoms with van der Waals surface area (Å²) in [5.74, 6) is 0. The lowest BCUT2D eigenvalue weighted by atomic mass is 9.62. The zero-order valence-electron chi connectivity index (χ0n) is 13.8. The topological polar surface area (TPSA) is 126 Å². The van der Waals surface area contributed by atoms with E-state index in [4.69, 9.17) is 16.7 Å². The smallest absolute Gasteiger partial charge is 0.405 e. The van der Waals surface area contributed by atoms with Gasteiger partial charge in [-0.05, 0) is 12.5 Å². The van der Waals surface area contributed by atoms with Crippen LogP contribution < -0.4 is 5.32 Å². The Balaban J connectivity index is 1.91. The van der Waals surface area contributed by atoms with Crippen LogP contribution in [0, 0.1) is 10.1 Å². The molecular formula is C17H16ClN3O5. The molecule has 1 aliphatic carbocycles. The van der Waals surface area contributed by atoms with E-state index in [0.717, 1.165) is 6.20 Å². The van der Waals surface area contributed by atoms with Gasteiger partial charge in [0.05, 0.1) is 26.8 Å². The number of hydrogen-bond donors (Lipinski definition) is 3. The van der Waals surface area contributed by atoms with Gasteiger partial charge in [0.15, 0.2) is 0 Å². The van der Waals surface area contributed by atoms with Gasteiger partial charge < -0.3 is 15.5 Å². The SMILES string of the molecule is C[C@]1(O)C[C@@](NC(=O)O)(c2ccc(-c3ncc([N+](=O)[O-])cc3Cl)cc2)C1. The number of aliphatic hydroxyl groups is 1. The number of aromatic nitrogens is 1. The largest absolute Gasteiger partial charge is 0.465 e. The van der Waals surface area contributed by atoms with Crippen molar-refractivity contribution in [3.05, 3.63) is 57.2 Å². The fourth-order valence-electron chi connectivity index (χ4n) is 3.51. The van der Waals surface area contributed by atoms with Crippen LogP contribution in [-0.2, 0) is 5.54 Å². The van der Waals surface area contributed by atoms with E-state index < -0.39 is 22.2 Å². The number of amides is 1. The molecule has 1 amide bonds. The van der Waals surface area contributed by atoms with Crippen LogP contribution in [0.1, 0.15) is 25.3 Å². The molecule has 1 aromatic carbocycles. The molecule has 0 unspecified atom stereocenters. The molecule has 0 saturated heterocycles. The van der Waals surface area contributed by atoms with Crippen molar-refractivity contribution in [2.75, 3.05) is 0 Å². The van der Waals surface area contributed by atoms with Gasteiger partial charge in [0, 0.05) is 24.5 Å². The average Bonchev–Trinajstić information content (AvgIpc) is 2.52. The first kappa shape index (κ1) is 18.1. The van der Waals surface area contributed by atoms with E-state index in [1.165, 1.54) is 6.07 Å². The minimum Gasteiger partial charge on any atom is -0.465 e. The summed E-state index contributed by atoms with van der Waals surface area (Å²) < 4.78 is 0. The van der Waals surface area contributed by atoms with Crippen LogP contribution in [0.3, 0.4) is 0 Å². The van der Waals surface area contributed by atoms with Crippen LogP contribution in [0.4, 0.5) is 10.5 Å². The minimum absolute atomic E-state index is 0.150. The summed E-state index contributed by atoms with van der Waals surface area (Å²) in [6.07, 6.45) is 0.500. The van der Waals surface area contributed by atoms with Crippen LogP contribution in [0.25, 0.3) is 11.3 Å². The molecule has 1 aliphatic rings. The number of rotatable bonds is 4. The highest BCUT2D eigenvalue weighted by Crippen LogP contribution is 2.48. The Morgan fingerprint density at radius 3 is 2.42 bits per heavy atom. The van der Waals surface area contributed by atoms with Crippen LogP contribution >= 0.6 is 11.6 Å². The van der Waals surface area contributed by atoms with Crippen molar-refractivity contribution in [2.45, 2.75) is 30.9 Å². The molecule has 26 heavy (non-hydrogen) atoms. The molecule has 0 bridgehead atoms. The standard InChI is InChI=1S/C17H16ClN3O5/c1-16(24)8-17(9-16,20-15(22)23)11-4-2-10(3-5-11)14-13(18)6-12(7-19-14)21(25)26/h2-7,20,24H,8-9H2,1H3,(H,22,23)/t16-,17-. The normalized spacial score (nSPS) is 24.6. The van der Waals surface area contributed by atoms with E-state index in [1.54, 1.807) is 31.2 Å². The third-order valence-corrected chi connectivity index (χ3v) is 4.75. The van der Waals surface area contributed by atoms with Crippen molar-refractivity contribution < 1.29 is 19.9 Å². The number of halogens is 1. The highest BCUT2D eigenvalue weighted by molar-refractivity contribution is 6.33. The zero-order valence-corrected chi connectivity index (χ0v) is 14.5. The first-order valence-electron chi connectivity index (χ1n) is 7.76. The van der Waals surface area contributed by atoms with Crippen molar-refractivity contribution in [1.29, 1.82) is 0 Å². The fraction of sp³-hybridized carbons (Fsp3) is 0.294. The van der Waals surface area contributed by atoms with Gasteiger partial charge in [-0.3, -0.25) is 10.1 Å². The van der Waals surface area contributed by atoms with E-state index >= 15 is 0 Å². The molecule has 0 radical (unpaired) electrons. The molecule has 1 aromatic heterocycles. The number of nitrogens with zero attached hydrogens (tertiary/aromatic N) is 2. The maximum absolute atomic E-state index is 11.1. The second kappa shape index (κ2) is 6.22. The molecule has 3 rings (SSSR count). The van der Waals surface area contributed by atoms with Gasteiger partial charge in [-0.2, -0.15) is 0 Å². The summed E-state index contributed by atoms with van der Waals surface area (Å²) in [5.41, 5.74) is -0.218. The Bertz CT molecular complexity index is 874. The number of hydrogen-bond acceptors (Lipinski definition) is 5. The monoisotopic (exact) mass is 377 g/mol. The first-order valence-corrected chi connectivity index (χ1v) is 8.14. The predicted octanol–water partition coefficient (Wildman–Crippen LogP) is 3.32. The van der Waals surface area contributed by atoms with E-state index in [0.29, 0.717) is 16.8 Å². The number of carboxylic acid groups (broad SMARTS) is 1. The van der Waals surface area contributed by atoms with Crippen LogP contribution in [0.5, 0.6) is 0 Å². The van der Waals surface area contributed by atoms with Gasteiger partial charge in [0.1, 0.15) is 6.20 Å². The van der Waals surface area contributed by atoms with Crippen LogP contribution in [0.15, 0.2) is 36.5 Å². The Morgan fingerprint density at radius 1 is 1.35 bits per heavy atom. The lowest BCUT2D eigenvalue weighted by molar-refractivity contribution is -0.385. The number of carbonyl (C=O) groups is 1. The van der Waals surface area contributed by atoms with Crippen LogP contribution in [-0.4, -0.2) is 31.8 Å². The molecular weight excluding hydrogens is 362 g/mol. The summed E-state index contributed by atoms with van der Waals surface area (Å²) in [6.45, 7) is 1.66. The lowest BCUT2D eigenvalue weighted by Gasteiger charge is -2.51. The Hall–Kier alpha value is -2.71. The van der Waals surface area contributed by atoms with Gasteiger partial charge in [-0.15, -0.1) is 0 Å². The predicted molar refractivity (Wildman–Crippen MR) is 94.0 cm³/mol. The van der Waals surface area contributed by atoms with Crippen molar-refractivity contribution in [3.63, 3.8) is 0 Å². The molecule has 3 N–H and O–H groups in total. The van der Waals surface area contributed by atoms with Crippen LogP contribution in [0.2, 0.25) is 5.02 Å². The molecule has 1 fully saturated rings. The van der Waals surface area contributed by atoms with Gasteiger partial charge in [-0.1, -0.05) is 35.9 Å². The van der Waals surface area contributed by atoms with Crippen molar-refractivity contribution in [3.8, 4) is 11.3 Å². The molecule has 2 aromatic rings. The van der Waals surface area contributed by atoms with E-state index in [1.807, 2.05) is 0 Å². The molecule has 0 aliphatic heterocycles. The number of nitrogens with one attached hydrogen (secondary N) is 1. The summed E-state index contributed by atoms with van der Waals surface area (Å²) in [4.78, 5) is 25.4. The van der Waals surface area contributed by atoms with Gasteiger partial charge in [0.25, 0.3) is 5.69 Å². The van der Waals surface area contributed by atoms with Gasteiger partial charge in [-0.25, -0.2) is 9.78 Å². The Labute approximate surface area is 153 Å². The van der Waals surface area contributed by atoms with Crippen molar-refractivity contribution in [2.24, 2.45) is 0 Å². The summed E-state index contributed by atoms with van der Waals surface area (Å²) in [6, 6.07) is 8.13. The molecule has 8 nitrogen and oxygen atoms in total.